The fourth-order valence-electron chi connectivity index (χ4n) is 1.62. The zero-order valence-electron chi connectivity index (χ0n) is 8.67. The molecule has 2 rings (SSSR count). The van der Waals surface area contributed by atoms with Crippen molar-refractivity contribution >= 4 is 11.7 Å². The van der Waals surface area contributed by atoms with E-state index in [4.69, 9.17) is 15.1 Å². The first kappa shape index (κ1) is 10.3. The van der Waals surface area contributed by atoms with E-state index in [1.807, 2.05) is 0 Å². The molecule has 0 bridgehead atoms. The molecule has 0 spiro atoms. The van der Waals surface area contributed by atoms with Crippen molar-refractivity contribution in [3.05, 3.63) is 23.8 Å². The van der Waals surface area contributed by atoms with Crippen molar-refractivity contribution in [1.82, 2.24) is 0 Å². The van der Waals surface area contributed by atoms with Gasteiger partial charge in [0.2, 0.25) is 0 Å². The summed E-state index contributed by atoms with van der Waals surface area (Å²) < 4.78 is 5.38. The molecule has 1 atom stereocenters. The van der Waals surface area contributed by atoms with Crippen LogP contribution in [0.4, 0.5) is 5.69 Å². The Morgan fingerprint density at radius 3 is 3.06 bits per heavy atom. The van der Waals surface area contributed by atoms with Gasteiger partial charge in [0, 0.05) is 7.05 Å². The number of ether oxygens (including phenoxy) is 1. The first-order chi connectivity index (χ1) is 7.63. The van der Waals surface area contributed by atoms with E-state index in [1.165, 1.54) is 12.1 Å². The minimum Gasteiger partial charge on any atom is -0.488 e. The molecule has 0 aromatic heterocycles. The lowest BCUT2D eigenvalue weighted by molar-refractivity contribution is 0.0697. The number of hydrogen-bond donors (Lipinski definition) is 1. The Morgan fingerprint density at radius 2 is 2.44 bits per heavy atom. The second kappa shape index (κ2) is 3.74. The zero-order valence-corrected chi connectivity index (χ0v) is 8.67. The standard InChI is InChI=1S/C11H10N2O3/c1-13-8(5-12)6-16-10-3-2-7(11(14)15)4-9(10)13/h2-4,8H,6H2,1H3,(H,14,15). The van der Waals surface area contributed by atoms with Gasteiger partial charge in [-0.1, -0.05) is 0 Å². The van der Waals surface area contributed by atoms with Crippen molar-refractivity contribution in [3.63, 3.8) is 0 Å². The van der Waals surface area contributed by atoms with E-state index < -0.39 is 5.97 Å². The highest BCUT2D eigenvalue weighted by molar-refractivity contribution is 5.89. The maximum Gasteiger partial charge on any atom is 0.335 e. The average molecular weight is 218 g/mol. The van der Waals surface area contributed by atoms with Gasteiger partial charge in [0.25, 0.3) is 0 Å². The number of nitrogens with zero attached hydrogens (tertiary/aromatic N) is 2. The SMILES string of the molecule is CN1c2cc(C(=O)O)ccc2OCC1C#N. The van der Waals surface area contributed by atoms with Crippen LogP contribution in [-0.4, -0.2) is 30.8 Å². The molecule has 5 heteroatoms. The van der Waals surface area contributed by atoms with Gasteiger partial charge in [-0.2, -0.15) is 5.26 Å². The van der Waals surface area contributed by atoms with Crippen LogP contribution in [0.2, 0.25) is 0 Å². The predicted molar refractivity (Wildman–Crippen MR) is 56.7 cm³/mol. The van der Waals surface area contributed by atoms with E-state index in [0.29, 0.717) is 18.0 Å². The van der Waals surface area contributed by atoms with Crippen molar-refractivity contribution in [3.8, 4) is 11.8 Å². The summed E-state index contributed by atoms with van der Waals surface area (Å²) in [4.78, 5) is 12.5. The molecule has 0 amide bonds. The molecule has 1 aromatic carbocycles. The van der Waals surface area contributed by atoms with Crippen LogP contribution < -0.4 is 9.64 Å². The lowest BCUT2D eigenvalue weighted by Crippen LogP contribution is -2.39. The number of aromatic carboxylic acids is 1. The highest BCUT2D eigenvalue weighted by atomic mass is 16.5. The maximum absolute atomic E-state index is 10.8. The summed E-state index contributed by atoms with van der Waals surface area (Å²) in [5, 5.41) is 17.7. The highest BCUT2D eigenvalue weighted by Crippen LogP contribution is 2.33. The number of anilines is 1. The molecule has 1 aliphatic heterocycles. The smallest absolute Gasteiger partial charge is 0.335 e. The number of benzene rings is 1. The van der Waals surface area contributed by atoms with Crippen molar-refractivity contribution in [2.24, 2.45) is 0 Å². The molecule has 16 heavy (non-hydrogen) atoms. The minimum atomic E-state index is -0.990. The molecule has 0 saturated heterocycles. The van der Waals surface area contributed by atoms with Crippen LogP contribution in [-0.2, 0) is 0 Å². The average Bonchev–Trinajstić information content (AvgIpc) is 2.29. The first-order valence-electron chi connectivity index (χ1n) is 4.76. The third-order valence-electron chi connectivity index (χ3n) is 2.60. The lowest BCUT2D eigenvalue weighted by Gasteiger charge is -2.31. The highest BCUT2D eigenvalue weighted by Gasteiger charge is 2.25. The van der Waals surface area contributed by atoms with Gasteiger partial charge in [0.05, 0.1) is 17.3 Å². The van der Waals surface area contributed by atoms with Crippen LogP contribution in [0.25, 0.3) is 0 Å². The van der Waals surface area contributed by atoms with Gasteiger partial charge in [-0.15, -0.1) is 0 Å². The van der Waals surface area contributed by atoms with E-state index >= 15 is 0 Å². The molecule has 0 saturated carbocycles. The minimum absolute atomic E-state index is 0.188. The number of likely N-dealkylation sites (N-methyl/N-ethyl adjacent to an activating group) is 1. The predicted octanol–water partition coefficient (Wildman–Crippen LogP) is 1.11. The molecule has 0 radical (unpaired) electrons. The van der Waals surface area contributed by atoms with Gasteiger partial charge in [0.15, 0.2) is 6.04 Å². The Hall–Kier alpha value is -2.22. The Morgan fingerprint density at radius 1 is 1.69 bits per heavy atom. The van der Waals surface area contributed by atoms with Gasteiger partial charge in [0.1, 0.15) is 12.4 Å². The van der Waals surface area contributed by atoms with Crippen molar-refractivity contribution < 1.29 is 14.6 Å². The van der Waals surface area contributed by atoms with E-state index in [1.54, 1.807) is 18.0 Å². The fourth-order valence-corrected chi connectivity index (χ4v) is 1.62. The summed E-state index contributed by atoms with van der Waals surface area (Å²) in [6, 6.07) is 6.34. The molecule has 0 fully saturated rings. The zero-order chi connectivity index (χ0) is 11.7. The molecule has 0 aliphatic carbocycles. The van der Waals surface area contributed by atoms with Gasteiger partial charge in [-0.3, -0.25) is 0 Å². The number of carboxylic acids is 1. The molecule has 82 valence electrons. The largest absolute Gasteiger partial charge is 0.488 e. The molecule has 5 nitrogen and oxygen atoms in total. The van der Waals surface area contributed by atoms with Crippen molar-refractivity contribution in [2.45, 2.75) is 6.04 Å². The van der Waals surface area contributed by atoms with Crippen molar-refractivity contribution in [2.75, 3.05) is 18.6 Å². The van der Waals surface area contributed by atoms with Crippen LogP contribution in [0.3, 0.4) is 0 Å². The molecular formula is C11H10N2O3. The van der Waals surface area contributed by atoms with Crippen LogP contribution >= 0.6 is 0 Å². The quantitative estimate of drug-likeness (QED) is 0.764. The summed E-state index contributed by atoms with van der Waals surface area (Å²) in [5.41, 5.74) is 0.825. The summed E-state index contributed by atoms with van der Waals surface area (Å²) in [7, 11) is 1.75. The van der Waals surface area contributed by atoms with Crippen LogP contribution in [0.1, 0.15) is 10.4 Å². The first-order valence-corrected chi connectivity index (χ1v) is 4.76. The second-order valence-corrected chi connectivity index (χ2v) is 3.55. The number of carboxylic acid groups (broad SMARTS) is 1. The van der Waals surface area contributed by atoms with E-state index in [2.05, 4.69) is 6.07 Å². The Balaban J connectivity index is 2.45. The molecular weight excluding hydrogens is 208 g/mol. The summed E-state index contributed by atoms with van der Waals surface area (Å²) in [5.74, 6) is -0.380. The van der Waals surface area contributed by atoms with Gasteiger partial charge in [-0.05, 0) is 18.2 Å². The molecule has 1 heterocycles. The van der Waals surface area contributed by atoms with E-state index in [0.717, 1.165) is 0 Å². The maximum atomic E-state index is 10.8. The molecule has 1 aromatic rings. The fraction of sp³-hybridized carbons (Fsp3) is 0.273. The molecule has 1 aliphatic rings. The number of nitriles is 1. The monoisotopic (exact) mass is 218 g/mol. The van der Waals surface area contributed by atoms with Gasteiger partial charge < -0.3 is 14.7 Å². The summed E-state index contributed by atoms with van der Waals surface area (Å²) in [6.07, 6.45) is 0. The number of hydrogen-bond acceptors (Lipinski definition) is 4. The van der Waals surface area contributed by atoms with Crippen molar-refractivity contribution in [1.29, 1.82) is 5.26 Å². The van der Waals surface area contributed by atoms with Crippen LogP contribution in [0.15, 0.2) is 18.2 Å². The Bertz CT molecular complexity index is 479. The van der Waals surface area contributed by atoms with Gasteiger partial charge in [-0.25, -0.2) is 4.79 Å². The molecule has 1 unspecified atom stereocenters. The Kier molecular flexibility index (Phi) is 2.41. The van der Waals surface area contributed by atoms with E-state index in [-0.39, 0.29) is 11.6 Å². The van der Waals surface area contributed by atoms with Gasteiger partial charge >= 0.3 is 5.97 Å². The van der Waals surface area contributed by atoms with Crippen LogP contribution in [0, 0.1) is 11.3 Å². The second-order valence-electron chi connectivity index (χ2n) is 3.55. The Labute approximate surface area is 92.5 Å². The number of carbonyl (C=O) groups is 1. The molecule has 1 N–H and O–H groups in total. The third kappa shape index (κ3) is 1.54. The number of rotatable bonds is 1. The van der Waals surface area contributed by atoms with Crippen LogP contribution in [0.5, 0.6) is 5.75 Å². The summed E-state index contributed by atoms with van der Waals surface area (Å²) in [6.45, 7) is 0.298. The third-order valence-corrected chi connectivity index (χ3v) is 2.60. The number of fused-ring (bicyclic) bond motifs is 1. The normalized spacial score (nSPS) is 18.2. The lowest BCUT2D eigenvalue weighted by atomic mass is 10.1. The topological polar surface area (TPSA) is 73.6 Å². The summed E-state index contributed by atoms with van der Waals surface area (Å²) >= 11 is 0. The van der Waals surface area contributed by atoms with E-state index in [9.17, 15) is 4.79 Å².